The van der Waals surface area contributed by atoms with Crippen LogP contribution >= 0.6 is 0 Å². The summed E-state index contributed by atoms with van der Waals surface area (Å²) in [6.07, 6.45) is 6.30. The summed E-state index contributed by atoms with van der Waals surface area (Å²) < 4.78 is 0. The maximum atomic E-state index is 11.4. The van der Waals surface area contributed by atoms with Crippen LogP contribution < -0.4 is 5.32 Å². The van der Waals surface area contributed by atoms with Crippen molar-refractivity contribution >= 4 is 11.6 Å². The lowest BCUT2D eigenvalue weighted by molar-refractivity contribution is -0.114. The van der Waals surface area contributed by atoms with Crippen molar-refractivity contribution in [2.75, 3.05) is 5.32 Å². The molecule has 0 spiro atoms. The Hall–Kier alpha value is -2.09. The molecule has 1 N–H and O–H groups in total. The first-order valence-electron chi connectivity index (χ1n) is 9.83. The van der Waals surface area contributed by atoms with Crippen LogP contribution in [0.15, 0.2) is 48.5 Å². The van der Waals surface area contributed by atoms with Crippen LogP contribution in [0.2, 0.25) is 0 Å². The minimum absolute atomic E-state index is 0.0181. The Morgan fingerprint density at radius 3 is 2.42 bits per heavy atom. The molecule has 137 valence electrons. The molecule has 2 aromatic rings. The first-order valence-corrected chi connectivity index (χ1v) is 9.83. The maximum absolute atomic E-state index is 11.4. The minimum atomic E-state index is -0.0181. The molecule has 26 heavy (non-hydrogen) atoms. The van der Waals surface area contributed by atoms with Gasteiger partial charge in [-0.05, 0) is 53.5 Å². The highest BCUT2D eigenvalue weighted by molar-refractivity contribution is 5.88. The van der Waals surface area contributed by atoms with Crippen molar-refractivity contribution in [3.05, 3.63) is 71.1 Å². The Labute approximate surface area is 158 Å². The van der Waals surface area contributed by atoms with E-state index in [4.69, 9.17) is 0 Å². The molecule has 2 heteroatoms. The number of benzene rings is 2. The molecule has 0 bridgehead atoms. The van der Waals surface area contributed by atoms with Crippen LogP contribution in [-0.4, -0.2) is 5.91 Å². The summed E-state index contributed by atoms with van der Waals surface area (Å²) in [7, 11) is 0. The molecule has 2 aromatic carbocycles. The summed E-state index contributed by atoms with van der Waals surface area (Å²) in [5.74, 6) is 2.78. The number of rotatable bonds is 7. The van der Waals surface area contributed by atoms with Gasteiger partial charge in [-0.2, -0.15) is 0 Å². The average molecular weight is 349 g/mol. The Balaban J connectivity index is 1.91. The van der Waals surface area contributed by atoms with Gasteiger partial charge in [0.15, 0.2) is 0 Å². The van der Waals surface area contributed by atoms with Gasteiger partial charge in [-0.1, -0.05) is 69.5 Å². The van der Waals surface area contributed by atoms with Gasteiger partial charge in [0.25, 0.3) is 0 Å². The SMILES string of the molecule is CC(=O)Nc1ccc([C](Cc2ccccc2)CC2CCC2)c(C(C)C)c1. The van der Waals surface area contributed by atoms with Crippen LogP contribution in [0.25, 0.3) is 0 Å². The van der Waals surface area contributed by atoms with Crippen LogP contribution in [0.4, 0.5) is 5.69 Å². The zero-order valence-electron chi connectivity index (χ0n) is 16.2. The normalized spacial score (nSPS) is 14.5. The Morgan fingerprint density at radius 2 is 1.85 bits per heavy atom. The van der Waals surface area contributed by atoms with Gasteiger partial charge in [0.2, 0.25) is 5.91 Å². The lowest BCUT2D eigenvalue weighted by atomic mass is 9.74. The largest absolute Gasteiger partial charge is 0.326 e. The van der Waals surface area contributed by atoms with Crippen LogP contribution in [0.1, 0.15) is 69.1 Å². The molecule has 0 heterocycles. The smallest absolute Gasteiger partial charge is 0.221 e. The topological polar surface area (TPSA) is 29.1 Å². The highest BCUT2D eigenvalue weighted by Gasteiger charge is 2.26. The summed E-state index contributed by atoms with van der Waals surface area (Å²) >= 11 is 0. The van der Waals surface area contributed by atoms with Gasteiger partial charge in [0, 0.05) is 18.5 Å². The van der Waals surface area contributed by atoms with Crippen molar-refractivity contribution in [1.82, 2.24) is 0 Å². The summed E-state index contributed by atoms with van der Waals surface area (Å²) in [6.45, 7) is 6.03. The Bertz CT molecular complexity index is 731. The fraction of sp³-hybridized carbons (Fsp3) is 0.417. The van der Waals surface area contributed by atoms with Gasteiger partial charge in [-0.15, -0.1) is 0 Å². The van der Waals surface area contributed by atoms with Gasteiger partial charge in [-0.3, -0.25) is 4.79 Å². The number of hydrogen-bond donors (Lipinski definition) is 1. The van der Waals surface area contributed by atoms with E-state index < -0.39 is 0 Å². The predicted octanol–water partition coefficient (Wildman–Crippen LogP) is 6.12. The molecule has 0 aromatic heterocycles. The molecule has 1 amide bonds. The summed E-state index contributed by atoms with van der Waals surface area (Å²) in [6, 6.07) is 17.2. The number of hydrogen-bond acceptors (Lipinski definition) is 1. The van der Waals surface area contributed by atoms with E-state index in [9.17, 15) is 4.79 Å². The van der Waals surface area contributed by atoms with E-state index in [1.54, 1.807) is 12.8 Å². The van der Waals surface area contributed by atoms with Crippen molar-refractivity contribution < 1.29 is 4.79 Å². The van der Waals surface area contributed by atoms with E-state index in [1.807, 2.05) is 6.07 Å². The van der Waals surface area contributed by atoms with Gasteiger partial charge < -0.3 is 5.32 Å². The fourth-order valence-electron chi connectivity index (χ4n) is 3.81. The van der Waals surface area contributed by atoms with E-state index >= 15 is 0 Å². The second-order valence-corrected chi connectivity index (χ2v) is 7.90. The molecule has 3 rings (SSSR count). The first kappa shape index (κ1) is 18.7. The van der Waals surface area contributed by atoms with E-state index in [-0.39, 0.29) is 5.91 Å². The van der Waals surface area contributed by atoms with Crippen molar-refractivity contribution in [2.24, 2.45) is 5.92 Å². The fourth-order valence-corrected chi connectivity index (χ4v) is 3.81. The number of anilines is 1. The third-order valence-corrected chi connectivity index (χ3v) is 5.40. The van der Waals surface area contributed by atoms with Crippen LogP contribution in [0, 0.1) is 11.8 Å². The average Bonchev–Trinajstić information content (AvgIpc) is 2.57. The first-order chi connectivity index (χ1) is 12.5. The van der Waals surface area contributed by atoms with Crippen molar-refractivity contribution in [3.8, 4) is 0 Å². The van der Waals surface area contributed by atoms with Crippen molar-refractivity contribution in [1.29, 1.82) is 0 Å². The number of nitrogens with one attached hydrogen (secondary N) is 1. The second-order valence-electron chi connectivity index (χ2n) is 7.90. The van der Waals surface area contributed by atoms with E-state index in [0.29, 0.717) is 5.92 Å². The number of carbonyl (C=O) groups is 1. The minimum Gasteiger partial charge on any atom is -0.326 e. The zero-order chi connectivity index (χ0) is 18.5. The number of carbonyl (C=O) groups excluding carboxylic acids is 1. The number of amides is 1. The van der Waals surface area contributed by atoms with E-state index in [1.165, 1.54) is 42.4 Å². The summed E-state index contributed by atoms with van der Waals surface area (Å²) in [4.78, 5) is 11.4. The highest BCUT2D eigenvalue weighted by atomic mass is 16.1. The van der Waals surface area contributed by atoms with Gasteiger partial charge in [-0.25, -0.2) is 0 Å². The lowest BCUT2D eigenvalue weighted by Gasteiger charge is -2.31. The van der Waals surface area contributed by atoms with E-state index in [0.717, 1.165) is 18.0 Å². The van der Waals surface area contributed by atoms with Gasteiger partial charge in [0.05, 0.1) is 0 Å². The van der Waals surface area contributed by atoms with E-state index in [2.05, 4.69) is 61.6 Å². The van der Waals surface area contributed by atoms with Crippen molar-refractivity contribution in [2.45, 2.75) is 58.8 Å². The zero-order valence-corrected chi connectivity index (χ0v) is 16.2. The Morgan fingerprint density at radius 1 is 1.12 bits per heavy atom. The summed E-state index contributed by atoms with van der Waals surface area (Å²) in [5.41, 5.74) is 4.99. The third-order valence-electron chi connectivity index (χ3n) is 5.40. The van der Waals surface area contributed by atoms with Gasteiger partial charge >= 0.3 is 0 Å². The molecular weight excluding hydrogens is 318 g/mol. The maximum Gasteiger partial charge on any atom is 0.221 e. The quantitative estimate of drug-likeness (QED) is 0.641. The van der Waals surface area contributed by atoms with Crippen LogP contribution in [-0.2, 0) is 11.2 Å². The van der Waals surface area contributed by atoms with Crippen LogP contribution in [0.5, 0.6) is 0 Å². The molecule has 0 unspecified atom stereocenters. The second kappa shape index (κ2) is 8.53. The predicted molar refractivity (Wildman–Crippen MR) is 109 cm³/mol. The molecule has 0 atom stereocenters. The van der Waals surface area contributed by atoms with Crippen molar-refractivity contribution in [3.63, 3.8) is 0 Å². The molecule has 1 saturated carbocycles. The molecule has 1 fully saturated rings. The molecular formula is C24H30NO. The molecule has 1 aliphatic carbocycles. The summed E-state index contributed by atoms with van der Waals surface area (Å²) in [5, 5.41) is 2.93. The third kappa shape index (κ3) is 4.75. The molecule has 0 saturated heterocycles. The van der Waals surface area contributed by atoms with Gasteiger partial charge in [0.1, 0.15) is 0 Å². The standard InChI is InChI=1S/C24H30NO/c1-17(2)24-16-22(25-18(3)26)12-13-23(24)21(15-20-10-7-11-20)14-19-8-5-4-6-9-19/h4-6,8-9,12-13,16-17,20H,7,10-11,14-15H2,1-3H3,(H,25,26). The van der Waals surface area contributed by atoms with Crippen LogP contribution in [0.3, 0.4) is 0 Å². The molecule has 1 radical (unpaired) electrons. The highest BCUT2D eigenvalue weighted by Crippen LogP contribution is 2.39. The monoisotopic (exact) mass is 348 g/mol. The molecule has 0 aliphatic heterocycles. The molecule has 2 nitrogen and oxygen atoms in total. The molecule has 1 aliphatic rings. The lowest BCUT2D eigenvalue weighted by Crippen LogP contribution is -2.18. The Kier molecular flexibility index (Phi) is 6.13.